The molecule has 0 spiro atoms. The molecule has 0 saturated carbocycles. The van der Waals surface area contributed by atoms with Crippen molar-refractivity contribution in [2.24, 2.45) is 5.92 Å². The van der Waals surface area contributed by atoms with Crippen LogP contribution in [-0.4, -0.2) is 11.1 Å². The van der Waals surface area contributed by atoms with Gasteiger partial charge in [-0.25, -0.2) is 0 Å². The fourth-order valence-electron chi connectivity index (χ4n) is 0.568. The number of allylic oxidation sites excluding steroid dienone is 2. The van der Waals surface area contributed by atoms with E-state index in [-0.39, 0.29) is 5.92 Å². The van der Waals surface area contributed by atoms with Crippen LogP contribution in [0.25, 0.3) is 0 Å². The predicted octanol–water partition coefficient (Wildman–Crippen LogP) is 2.06. The second-order valence-electron chi connectivity index (χ2n) is 2.35. The highest BCUT2D eigenvalue weighted by molar-refractivity contribution is 5.69. The van der Waals surface area contributed by atoms with Gasteiger partial charge in [0.05, 0.1) is 5.92 Å². The molecule has 0 heterocycles. The van der Waals surface area contributed by atoms with Gasteiger partial charge in [-0.05, 0) is 12.8 Å². The van der Waals surface area contributed by atoms with Gasteiger partial charge in [-0.3, -0.25) is 4.79 Å². The van der Waals surface area contributed by atoms with E-state index in [0.29, 0.717) is 6.42 Å². The van der Waals surface area contributed by atoms with E-state index >= 15 is 0 Å². The van der Waals surface area contributed by atoms with Gasteiger partial charge in [-0.15, -0.1) is 0 Å². The third-order valence-corrected chi connectivity index (χ3v) is 1.31. The molecule has 0 aliphatic heterocycles. The van der Waals surface area contributed by atoms with Crippen molar-refractivity contribution in [1.82, 2.24) is 0 Å². The van der Waals surface area contributed by atoms with Crippen molar-refractivity contribution in [3.8, 4) is 0 Å². The Hall–Kier alpha value is -0.790. The summed E-state index contributed by atoms with van der Waals surface area (Å²) in [5.41, 5.74) is 0. The van der Waals surface area contributed by atoms with Crippen LogP contribution in [0.1, 0.15) is 26.7 Å². The Labute approximate surface area is 61.6 Å². The van der Waals surface area contributed by atoms with Gasteiger partial charge in [0.15, 0.2) is 0 Å². The minimum Gasteiger partial charge on any atom is -0.481 e. The lowest BCUT2D eigenvalue weighted by Crippen LogP contribution is -2.07. The molecule has 2 nitrogen and oxygen atoms in total. The highest BCUT2D eigenvalue weighted by atomic mass is 16.4. The zero-order chi connectivity index (χ0) is 7.98. The maximum atomic E-state index is 10.3. The lowest BCUT2D eigenvalue weighted by atomic mass is 10.1. The Morgan fingerprint density at radius 1 is 1.60 bits per heavy atom. The molecule has 0 aromatic carbocycles. The molecule has 0 aromatic rings. The Bertz CT molecular complexity index is 127. The van der Waals surface area contributed by atoms with Gasteiger partial charge in [-0.1, -0.05) is 26.0 Å². The highest BCUT2D eigenvalue weighted by Crippen LogP contribution is 2.02. The lowest BCUT2D eigenvalue weighted by molar-refractivity contribution is -0.140. The number of aliphatic carboxylic acids is 1. The first-order valence-corrected chi connectivity index (χ1v) is 3.56. The Kier molecular flexibility index (Phi) is 4.63. The molecule has 2 heteroatoms. The molecule has 0 rings (SSSR count). The van der Waals surface area contributed by atoms with E-state index in [1.54, 1.807) is 6.92 Å². The highest BCUT2D eigenvalue weighted by Gasteiger charge is 2.06. The topological polar surface area (TPSA) is 37.3 Å². The van der Waals surface area contributed by atoms with Crippen molar-refractivity contribution in [1.29, 1.82) is 0 Å². The van der Waals surface area contributed by atoms with Crippen LogP contribution in [0.2, 0.25) is 0 Å². The number of hydrogen-bond acceptors (Lipinski definition) is 1. The molecule has 0 aromatic heterocycles. The standard InChI is InChI=1S/C8H14O2/c1-3-4-5-6-7(2)8(9)10/h4-5,7H,3,6H2,1-2H3,(H,9,10)/t7-/m0/s1. The van der Waals surface area contributed by atoms with Gasteiger partial charge in [0.25, 0.3) is 0 Å². The summed E-state index contributed by atoms with van der Waals surface area (Å²) in [6.07, 6.45) is 5.52. The molecule has 0 aliphatic rings. The molecule has 1 atom stereocenters. The third-order valence-electron chi connectivity index (χ3n) is 1.31. The monoisotopic (exact) mass is 142 g/mol. The van der Waals surface area contributed by atoms with Crippen LogP contribution < -0.4 is 0 Å². The van der Waals surface area contributed by atoms with E-state index in [2.05, 4.69) is 0 Å². The number of carboxylic acid groups (broad SMARTS) is 1. The average molecular weight is 142 g/mol. The number of rotatable bonds is 4. The summed E-state index contributed by atoms with van der Waals surface area (Å²) in [5.74, 6) is -0.969. The van der Waals surface area contributed by atoms with E-state index in [0.717, 1.165) is 6.42 Å². The van der Waals surface area contributed by atoms with Crippen LogP contribution in [0, 0.1) is 5.92 Å². The van der Waals surface area contributed by atoms with Crippen molar-refractivity contribution in [3.05, 3.63) is 12.2 Å². The van der Waals surface area contributed by atoms with Crippen LogP contribution in [-0.2, 0) is 4.79 Å². The number of hydrogen-bond donors (Lipinski definition) is 1. The zero-order valence-corrected chi connectivity index (χ0v) is 6.50. The Balaban J connectivity index is 3.48. The average Bonchev–Trinajstić information content (AvgIpc) is 1.88. The van der Waals surface area contributed by atoms with E-state index < -0.39 is 5.97 Å². The quantitative estimate of drug-likeness (QED) is 0.610. The largest absolute Gasteiger partial charge is 0.481 e. The van der Waals surface area contributed by atoms with Gasteiger partial charge in [0.1, 0.15) is 0 Å². The SMILES string of the molecule is CCC=CC[C@H](C)C(=O)O. The van der Waals surface area contributed by atoms with Crippen molar-refractivity contribution < 1.29 is 9.90 Å². The summed E-state index contributed by atoms with van der Waals surface area (Å²) in [6, 6.07) is 0. The van der Waals surface area contributed by atoms with Crippen molar-refractivity contribution in [2.75, 3.05) is 0 Å². The molecular weight excluding hydrogens is 128 g/mol. The molecule has 0 unspecified atom stereocenters. The molecule has 0 fully saturated rings. The maximum absolute atomic E-state index is 10.3. The fraction of sp³-hybridized carbons (Fsp3) is 0.625. The van der Waals surface area contributed by atoms with E-state index in [1.165, 1.54) is 0 Å². The maximum Gasteiger partial charge on any atom is 0.306 e. The van der Waals surface area contributed by atoms with E-state index in [9.17, 15) is 4.79 Å². The molecule has 0 aliphatic carbocycles. The predicted molar refractivity (Wildman–Crippen MR) is 40.8 cm³/mol. The molecule has 58 valence electrons. The van der Waals surface area contributed by atoms with Crippen LogP contribution in [0.5, 0.6) is 0 Å². The van der Waals surface area contributed by atoms with Crippen LogP contribution in [0.4, 0.5) is 0 Å². The summed E-state index contributed by atoms with van der Waals surface area (Å²) in [6.45, 7) is 3.74. The van der Waals surface area contributed by atoms with Crippen molar-refractivity contribution in [2.45, 2.75) is 26.7 Å². The third kappa shape index (κ3) is 4.13. The summed E-state index contributed by atoms with van der Waals surface area (Å²) < 4.78 is 0. The summed E-state index contributed by atoms with van der Waals surface area (Å²) >= 11 is 0. The Morgan fingerprint density at radius 3 is 2.60 bits per heavy atom. The smallest absolute Gasteiger partial charge is 0.306 e. The number of carboxylic acids is 1. The molecule has 0 saturated heterocycles. The van der Waals surface area contributed by atoms with Gasteiger partial charge in [0, 0.05) is 0 Å². The minimum absolute atomic E-state index is 0.247. The fourth-order valence-corrected chi connectivity index (χ4v) is 0.568. The van der Waals surface area contributed by atoms with Gasteiger partial charge in [0.2, 0.25) is 0 Å². The van der Waals surface area contributed by atoms with E-state index in [1.807, 2.05) is 19.1 Å². The molecular formula is C8H14O2. The minimum atomic E-state index is -0.722. The molecule has 0 amide bonds. The molecule has 1 N–H and O–H groups in total. The van der Waals surface area contributed by atoms with Gasteiger partial charge < -0.3 is 5.11 Å². The zero-order valence-electron chi connectivity index (χ0n) is 6.50. The molecule has 10 heavy (non-hydrogen) atoms. The lowest BCUT2D eigenvalue weighted by Gasteiger charge is -1.98. The van der Waals surface area contributed by atoms with Gasteiger partial charge in [-0.2, -0.15) is 0 Å². The van der Waals surface area contributed by atoms with Gasteiger partial charge >= 0.3 is 5.97 Å². The van der Waals surface area contributed by atoms with Crippen LogP contribution in [0.3, 0.4) is 0 Å². The molecule has 0 radical (unpaired) electrons. The van der Waals surface area contributed by atoms with Crippen molar-refractivity contribution >= 4 is 5.97 Å². The summed E-state index contributed by atoms with van der Waals surface area (Å²) in [5, 5.41) is 8.45. The second kappa shape index (κ2) is 5.03. The second-order valence-corrected chi connectivity index (χ2v) is 2.35. The normalized spacial score (nSPS) is 13.8. The summed E-state index contributed by atoms with van der Waals surface area (Å²) in [4.78, 5) is 10.3. The summed E-state index contributed by atoms with van der Waals surface area (Å²) in [7, 11) is 0. The first-order valence-electron chi connectivity index (χ1n) is 3.56. The molecule has 0 bridgehead atoms. The van der Waals surface area contributed by atoms with Crippen molar-refractivity contribution in [3.63, 3.8) is 0 Å². The first kappa shape index (κ1) is 9.21. The van der Waals surface area contributed by atoms with E-state index in [4.69, 9.17) is 5.11 Å². The Morgan fingerprint density at radius 2 is 2.20 bits per heavy atom. The van der Waals surface area contributed by atoms with Crippen LogP contribution in [0.15, 0.2) is 12.2 Å². The number of carbonyl (C=O) groups is 1. The van der Waals surface area contributed by atoms with Crippen LogP contribution >= 0.6 is 0 Å². The first-order chi connectivity index (χ1) is 4.68.